The topological polar surface area (TPSA) is 68.0 Å². The Morgan fingerprint density at radius 2 is 2.31 bits per heavy atom. The largest absolute Gasteiger partial charge is 0.325 e. The van der Waals surface area contributed by atoms with Gasteiger partial charge in [-0.25, -0.2) is 0 Å². The molecular formula is C12H19N3O. The number of hydrogen-bond donors (Lipinski definition) is 2. The summed E-state index contributed by atoms with van der Waals surface area (Å²) in [6, 6.07) is 3.12. The summed E-state index contributed by atoms with van der Waals surface area (Å²) in [5, 5.41) is 2.79. The van der Waals surface area contributed by atoms with E-state index < -0.39 is 6.04 Å². The van der Waals surface area contributed by atoms with E-state index >= 15 is 0 Å². The Labute approximate surface area is 96.3 Å². The summed E-state index contributed by atoms with van der Waals surface area (Å²) in [6.07, 6.45) is 2.56. The molecule has 0 fully saturated rings. The maximum absolute atomic E-state index is 11.8. The van der Waals surface area contributed by atoms with E-state index in [0.29, 0.717) is 0 Å². The van der Waals surface area contributed by atoms with E-state index in [4.69, 9.17) is 5.73 Å². The summed E-state index contributed by atoms with van der Waals surface area (Å²) in [5.41, 5.74) is 7.45. The molecule has 1 heterocycles. The highest BCUT2D eigenvalue weighted by Crippen LogP contribution is 2.10. The molecule has 0 radical (unpaired) electrons. The maximum atomic E-state index is 11.8. The summed E-state index contributed by atoms with van der Waals surface area (Å²) in [6.45, 7) is 5.88. The van der Waals surface area contributed by atoms with Crippen LogP contribution in [0.2, 0.25) is 0 Å². The van der Waals surface area contributed by atoms with Crippen LogP contribution >= 0.6 is 0 Å². The number of aryl methyl sites for hydroxylation is 1. The van der Waals surface area contributed by atoms with E-state index in [1.54, 1.807) is 12.3 Å². The molecular weight excluding hydrogens is 202 g/mol. The Morgan fingerprint density at radius 1 is 1.62 bits per heavy atom. The molecule has 0 aliphatic rings. The highest BCUT2D eigenvalue weighted by molar-refractivity contribution is 5.94. The third kappa shape index (κ3) is 3.31. The van der Waals surface area contributed by atoms with E-state index in [-0.39, 0.29) is 11.8 Å². The third-order valence-electron chi connectivity index (χ3n) is 2.72. The molecule has 0 bridgehead atoms. The van der Waals surface area contributed by atoms with Gasteiger partial charge in [0.25, 0.3) is 0 Å². The van der Waals surface area contributed by atoms with Crippen molar-refractivity contribution in [2.24, 2.45) is 11.7 Å². The van der Waals surface area contributed by atoms with Crippen LogP contribution in [0.15, 0.2) is 18.3 Å². The minimum atomic E-state index is -0.460. The van der Waals surface area contributed by atoms with Gasteiger partial charge < -0.3 is 11.1 Å². The van der Waals surface area contributed by atoms with Crippen molar-refractivity contribution in [3.8, 4) is 0 Å². The van der Waals surface area contributed by atoms with Gasteiger partial charge in [-0.05, 0) is 25.0 Å². The van der Waals surface area contributed by atoms with Gasteiger partial charge >= 0.3 is 0 Å². The van der Waals surface area contributed by atoms with Crippen molar-refractivity contribution in [1.82, 2.24) is 4.98 Å². The lowest BCUT2D eigenvalue weighted by atomic mass is 9.99. The maximum Gasteiger partial charge on any atom is 0.241 e. The number of rotatable bonds is 4. The van der Waals surface area contributed by atoms with Gasteiger partial charge in [-0.2, -0.15) is 0 Å². The summed E-state index contributed by atoms with van der Waals surface area (Å²) in [7, 11) is 0. The van der Waals surface area contributed by atoms with Gasteiger partial charge in [0.2, 0.25) is 5.91 Å². The minimum absolute atomic E-state index is 0.139. The molecule has 88 valence electrons. The van der Waals surface area contributed by atoms with E-state index in [1.165, 1.54) is 0 Å². The van der Waals surface area contributed by atoms with Crippen molar-refractivity contribution in [3.63, 3.8) is 0 Å². The number of carbonyl (C=O) groups excluding carboxylic acids is 1. The van der Waals surface area contributed by atoms with Gasteiger partial charge in [-0.3, -0.25) is 9.78 Å². The predicted molar refractivity (Wildman–Crippen MR) is 65.0 cm³/mol. The second-order valence-corrected chi connectivity index (χ2v) is 4.09. The molecule has 1 amide bonds. The van der Waals surface area contributed by atoms with Crippen LogP contribution in [0.4, 0.5) is 5.69 Å². The first-order valence-corrected chi connectivity index (χ1v) is 5.53. The summed E-state index contributed by atoms with van der Waals surface area (Å²) in [4.78, 5) is 15.8. The van der Waals surface area contributed by atoms with Crippen molar-refractivity contribution in [2.75, 3.05) is 5.32 Å². The second kappa shape index (κ2) is 5.61. The minimum Gasteiger partial charge on any atom is -0.325 e. The number of anilines is 1. The highest BCUT2D eigenvalue weighted by atomic mass is 16.2. The molecule has 0 aliphatic heterocycles. The zero-order valence-corrected chi connectivity index (χ0v) is 10.0. The van der Waals surface area contributed by atoms with Crippen LogP contribution in [-0.4, -0.2) is 16.9 Å². The number of nitrogens with two attached hydrogens (primary N) is 1. The highest BCUT2D eigenvalue weighted by Gasteiger charge is 2.19. The summed E-state index contributed by atoms with van der Waals surface area (Å²) in [5.74, 6) is 0.0443. The number of amides is 1. The van der Waals surface area contributed by atoms with Gasteiger partial charge in [-0.15, -0.1) is 0 Å². The molecule has 0 saturated heterocycles. The molecule has 3 N–H and O–H groups in total. The molecule has 2 unspecified atom stereocenters. The number of nitrogens with zero attached hydrogens (tertiary/aromatic N) is 1. The van der Waals surface area contributed by atoms with E-state index in [0.717, 1.165) is 17.8 Å². The van der Waals surface area contributed by atoms with Crippen LogP contribution in [0, 0.1) is 12.8 Å². The standard InChI is InChI=1S/C12H19N3O/c1-4-8(2)11(13)12(16)15-10-5-6-14-9(3)7-10/h5-8,11H,4,13H2,1-3H3,(H,14,15,16). The van der Waals surface area contributed by atoms with Crippen molar-refractivity contribution < 1.29 is 4.79 Å². The molecule has 4 heteroatoms. The second-order valence-electron chi connectivity index (χ2n) is 4.09. The normalized spacial score (nSPS) is 14.2. The quantitative estimate of drug-likeness (QED) is 0.813. The van der Waals surface area contributed by atoms with Crippen molar-refractivity contribution in [3.05, 3.63) is 24.0 Å². The van der Waals surface area contributed by atoms with Crippen LogP contribution in [0.5, 0.6) is 0 Å². The van der Waals surface area contributed by atoms with Crippen molar-refractivity contribution in [1.29, 1.82) is 0 Å². The smallest absolute Gasteiger partial charge is 0.241 e. The SMILES string of the molecule is CCC(C)C(N)C(=O)Nc1ccnc(C)c1. The Bertz CT molecular complexity index is 365. The number of nitrogens with one attached hydrogen (secondary N) is 1. The van der Waals surface area contributed by atoms with Gasteiger partial charge in [0.1, 0.15) is 0 Å². The van der Waals surface area contributed by atoms with E-state index in [2.05, 4.69) is 10.3 Å². The van der Waals surface area contributed by atoms with Crippen LogP contribution in [0.1, 0.15) is 26.0 Å². The molecule has 0 aromatic carbocycles. The van der Waals surface area contributed by atoms with Crippen LogP contribution in [0.3, 0.4) is 0 Å². The summed E-state index contributed by atoms with van der Waals surface area (Å²) >= 11 is 0. The zero-order chi connectivity index (χ0) is 12.1. The summed E-state index contributed by atoms with van der Waals surface area (Å²) < 4.78 is 0. The lowest BCUT2D eigenvalue weighted by molar-refractivity contribution is -0.118. The Balaban J connectivity index is 2.64. The van der Waals surface area contributed by atoms with Gasteiger partial charge in [0, 0.05) is 17.6 Å². The lowest BCUT2D eigenvalue weighted by Crippen LogP contribution is -2.40. The fourth-order valence-electron chi connectivity index (χ4n) is 1.36. The van der Waals surface area contributed by atoms with E-state index in [1.807, 2.05) is 26.8 Å². The fourth-order valence-corrected chi connectivity index (χ4v) is 1.36. The monoisotopic (exact) mass is 221 g/mol. The molecule has 0 spiro atoms. The molecule has 1 rings (SSSR count). The number of hydrogen-bond acceptors (Lipinski definition) is 3. The Kier molecular flexibility index (Phi) is 4.43. The molecule has 4 nitrogen and oxygen atoms in total. The van der Waals surface area contributed by atoms with Crippen molar-refractivity contribution in [2.45, 2.75) is 33.2 Å². The average molecular weight is 221 g/mol. The number of carbonyl (C=O) groups is 1. The Morgan fingerprint density at radius 3 is 2.88 bits per heavy atom. The van der Waals surface area contributed by atoms with Gasteiger partial charge in [0.15, 0.2) is 0 Å². The third-order valence-corrected chi connectivity index (χ3v) is 2.72. The van der Waals surface area contributed by atoms with Gasteiger partial charge in [-0.1, -0.05) is 20.3 Å². The average Bonchev–Trinajstić information content (AvgIpc) is 2.27. The van der Waals surface area contributed by atoms with Crippen LogP contribution in [-0.2, 0) is 4.79 Å². The molecule has 0 aliphatic carbocycles. The molecule has 1 aromatic rings. The molecule has 2 atom stereocenters. The fraction of sp³-hybridized carbons (Fsp3) is 0.500. The van der Waals surface area contributed by atoms with E-state index in [9.17, 15) is 4.79 Å². The van der Waals surface area contributed by atoms with Crippen LogP contribution < -0.4 is 11.1 Å². The number of pyridine rings is 1. The Hall–Kier alpha value is -1.42. The first kappa shape index (κ1) is 12.6. The van der Waals surface area contributed by atoms with Crippen LogP contribution in [0.25, 0.3) is 0 Å². The zero-order valence-electron chi connectivity index (χ0n) is 10.0. The molecule has 16 heavy (non-hydrogen) atoms. The van der Waals surface area contributed by atoms with Gasteiger partial charge in [0.05, 0.1) is 6.04 Å². The molecule has 0 saturated carbocycles. The number of aromatic nitrogens is 1. The molecule has 1 aromatic heterocycles. The lowest BCUT2D eigenvalue weighted by Gasteiger charge is -2.17. The predicted octanol–water partition coefficient (Wildman–Crippen LogP) is 1.70. The van der Waals surface area contributed by atoms with Crippen molar-refractivity contribution >= 4 is 11.6 Å². The first-order valence-electron chi connectivity index (χ1n) is 5.53. The first-order chi connectivity index (χ1) is 7.54.